The SMILES string of the molecule is CCCCCCC1C=CC(CCCCCCCCOO)C(/C=C2\CCCCCCC2COO)C1CCCCCC. The van der Waals surface area contributed by atoms with E-state index in [0.717, 1.165) is 25.2 Å². The van der Waals surface area contributed by atoms with Crippen LogP contribution in [-0.4, -0.2) is 23.7 Å². The van der Waals surface area contributed by atoms with Gasteiger partial charge in [-0.25, -0.2) is 9.78 Å². The second-order valence-electron chi connectivity index (χ2n) is 13.1. The highest BCUT2D eigenvalue weighted by atomic mass is 17.1. The van der Waals surface area contributed by atoms with Crippen LogP contribution in [0.25, 0.3) is 0 Å². The maximum Gasteiger partial charge on any atom is 0.0884 e. The van der Waals surface area contributed by atoms with Crippen LogP contribution in [0.1, 0.15) is 162 Å². The minimum Gasteiger partial charge on any atom is -0.252 e. The summed E-state index contributed by atoms with van der Waals surface area (Å²) in [5, 5.41) is 18.0. The Morgan fingerprint density at radius 1 is 0.675 bits per heavy atom. The highest BCUT2D eigenvalue weighted by Gasteiger charge is 2.35. The van der Waals surface area contributed by atoms with Crippen molar-refractivity contribution in [2.24, 2.45) is 29.6 Å². The molecule has 4 heteroatoms. The van der Waals surface area contributed by atoms with E-state index >= 15 is 0 Å². The highest BCUT2D eigenvalue weighted by molar-refractivity contribution is 5.17. The quantitative estimate of drug-likeness (QED) is 0.0596. The fraction of sp³-hybridized carbons (Fsp3) is 0.889. The Morgan fingerprint density at radius 2 is 1.27 bits per heavy atom. The van der Waals surface area contributed by atoms with Crippen LogP contribution in [0.2, 0.25) is 0 Å². The van der Waals surface area contributed by atoms with E-state index in [0.29, 0.717) is 36.9 Å². The molecule has 1 fully saturated rings. The van der Waals surface area contributed by atoms with E-state index in [-0.39, 0.29) is 0 Å². The highest BCUT2D eigenvalue weighted by Crippen LogP contribution is 2.44. The first-order valence-corrected chi connectivity index (χ1v) is 17.7. The first kappa shape index (κ1) is 35.5. The molecular weight excluding hydrogens is 496 g/mol. The Bertz CT molecular complexity index is 645. The molecule has 0 aromatic heterocycles. The van der Waals surface area contributed by atoms with Crippen LogP contribution in [0.15, 0.2) is 23.8 Å². The fourth-order valence-electron chi connectivity index (χ4n) is 7.49. The van der Waals surface area contributed by atoms with Crippen molar-refractivity contribution in [1.29, 1.82) is 0 Å². The molecule has 234 valence electrons. The summed E-state index contributed by atoms with van der Waals surface area (Å²) in [6.07, 6.45) is 37.6. The van der Waals surface area contributed by atoms with Crippen molar-refractivity contribution in [1.82, 2.24) is 0 Å². The monoisotopic (exact) mass is 562 g/mol. The largest absolute Gasteiger partial charge is 0.252 e. The maximum atomic E-state index is 9.43. The van der Waals surface area contributed by atoms with Crippen LogP contribution in [0.4, 0.5) is 0 Å². The minimum absolute atomic E-state index is 0.378. The van der Waals surface area contributed by atoms with Crippen molar-refractivity contribution in [2.75, 3.05) is 13.2 Å². The standard InChI is InChI=1S/C36H66O4/c1-3-5-7-15-21-31-26-27-32(22-16-11-9-10-14-20-28-39-37)36(35(31)25-19-8-6-4-2)29-33-23-17-12-13-18-24-34(33)30-40-38/h26-27,29,31-32,34-38H,3-25,28,30H2,1-2H3/b33-29+. The average molecular weight is 563 g/mol. The Morgan fingerprint density at radius 3 is 1.98 bits per heavy atom. The van der Waals surface area contributed by atoms with Gasteiger partial charge in [0.05, 0.1) is 13.2 Å². The predicted molar refractivity (Wildman–Crippen MR) is 169 cm³/mol. The molecular formula is C36H66O4. The lowest BCUT2D eigenvalue weighted by Gasteiger charge is -2.40. The first-order valence-electron chi connectivity index (χ1n) is 17.7. The van der Waals surface area contributed by atoms with Gasteiger partial charge in [-0.1, -0.05) is 140 Å². The molecule has 2 N–H and O–H groups in total. The van der Waals surface area contributed by atoms with Gasteiger partial charge in [-0.05, 0) is 68.6 Å². The molecule has 40 heavy (non-hydrogen) atoms. The van der Waals surface area contributed by atoms with E-state index in [1.165, 1.54) is 128 Å². The van der Waals surface area contributed by atoms with Gasteiger partial charge in [0.2, 0.25) is 0 Å². The smallest absolute Gasteiger partial charge is 0.0884 e. The van der Waals surface area contributed by atoms with Gasteiger partial charge in [0.15, 0.2) is 0 Å². The Kier molecular flexibility index (Phi) is 21.2. The van der Waals surface area contributed by atoms with Crippen molar-refractivity contribution in [3.05, 3.63) is 23.8 Å². The Balaban J connectivity index is 2.20. The summed E-state index contributed by atoms with van der Waals surface area (Å²) in [6, 6.07) is 0. The third-order valence-electron chi connectivity index (χ3n) is 9.92. The van der Waals surface area contributed by atoms with Crippen LogP contribution < -0.4 is 0 Å². The number of rotatable bonds is 22. The summed E-state index contributed by atoms with van der Waals surface area (Å²) in [5.41, 5.74) is 1.59. The molecule has 0 bridgehead atoms. The average Bonchev–Trinajstić information content (AvgIpc) is 2.95. The van der Waals surface area contributed by atoms with Gasteiger partial charge in [0.1, 0.15) is 0 Å². The van der Waals surface area contributed by atoms with Gasteiger partial charge in [-0.3, -0.25) is 10.5 Å². The third kappa shape index (κ3) is 14.5. The van der Waals surface area contributed by atoms with Crippen LogP contribution in [0.3, 0.4) is 0 Å². The fourth-order valence-corrected chi connectivity index (χ4v) is 7.49. The topological polar surface area (TPSA) is 58.9 Å². The molecule has 0 aromatic rings. The van der Waals surface area contributed by atoms with E-state index in [1.807, 2.05) is 0 Å². The van der Waals surface area contributed by atoms with E-state index in [4.69, 9.17) is 10.1 Å². The lowest BCUT2D eigenvalue weighted by molar-refractivity contribution is -0.249. The van der Waals surface area contributed by atoms with E-state index in [2.05, 4.69) is 37.0 Å². The summed E-state index contributed by atoms with van der Waals surface area (Å²) in [6.45, 7) is 5.56. The van der Waals surface area contributed by atoms with Crippen LogP contribution >= 0.6 is 0 Å². The van der Waals surface area contributed by atoms with Crippen LogP contribution in [0.5, 0.6) is 0 Å². The lowest BCUT2D eigenvalue weighted by Crippen LogP contribution is -2.31. The number of allylic oxidation sites excluding steroid dienone is 3. The molecule has 0 aliphatic heterocycles. The summed E-state index contributed by atoms with van der Waals surface area (Å²) < 4.78 is 0. The van der Waals surface area contributed by atoms with Crippen molar-refractivity contribution < 1.29 is 20.3 Å². The molecule has 4 nitrogen and oxygen atoms in total. The second-order valence-corrected chi connectivity index (χ2v) is 13.1. The summed E-state index contributed by atoms with van der Waals surface area (Å²) in [7, 11) is 0. The zero-order chi connectivity index (χ0) is 28.7. The molecule has 0 radical (unpaired) electrons. The van der Waals surface area contributed by atoms with Gasteiger partial charge in [0.25, 0.3) is 0 Å². The summed E-state index contributed by atoms with van der Waals surface area (Å²) in [4.78, 5) is 9.01. The Labute approximate surface area is 248 Å². The van der Waals surface area contributed by atoms with Gasteiger partial charge in [-0.15, -0.1) is 0 Å². The molecule has 2 aliphatic rings. The van der Waals surface area contributed by atoms with Gasteiger partial charge >= 0.3 is 0 Å². The minimum atomic E-state index is 0.378. The van der Waals surface area contributed by atoms with Crippen molar-refractivity contribution in [2.45, 2.75) is 162 Å². The molecule has 0 heterocycles. The first-order chi connectivity index (χ1) is 19.7. The molecule has 0 spiro atoms. The molecule has 0 aromatic carbocycles. The Hall–Kier alpha value is -0.680. The summed E-state index contributed by atoms with van der Waals surface area (Å²) in [5.74, 6) is 3.11. The lowest BCUT2D eigenvalue weighted by atomic mass is 9.65. The zero-order valence-electron chi connectivity index (χ0n) is 26.5. The van der Waals surface area contributed by atoms with Gasteiger partial charge in [-0.2, -0.15) is 0 Å². The number of hydrogen-bond acceptors (Lipinski definition) is 4. The van der Waals surface area contributed by atoms with E-state index in [9.17, 15) is 5.26 Å². The number of unbranched alkanes of at least 4 members (excludes halogenated alkanes) is 11. The molecule has 5 unspecified atom stereocenters. The predicted octanol–water partition coefficient (Wildman–Crippen LogP) is 11.6. The van der Waals surface area contributed by atoms with Crippen LogP contribution in [-0.2, 0) is 9.78 Å². The van der Waals surface area contributed by atoms with Crippen molar-refractivity contribution >= 4 is 0 Å². The normalized spacial score (nSPS) is 26.7. The van der Waals surface area contributed by atoms with Gasteiger partial charge < -0.3 is 0 Å². The third-order valence-corrected chi connectivity index (χ3v) is 9.92. The number of hydrogen-bond donors (Lipinski definition) is 2. The molecule has 0 amide bonds. The molecule has 1 saturated carbocycles. The molecule has 5 atom stereocenters. The van der Waals surface area contributed by atoms with E-state index in [1.54, 1.807) is 5.57 Å². The zero-order valence-corrected chi connectivity index (χ0v) is 26.5. The van der Waals surface area contributed by atoms with E-state index < -0.39 is 0 Å². The summed E-state index contributed by atoms with van der Waals surface area (Å²) >= 11 is 0. The molecule has 0 saturated heterocycles. The van der Waals surface area contributed by atoms with Crippen LogP contribution in [0, 0.1) is 29.6 Å². The van der Waals surface area contributed by atoms with Crippen molar-refractivity contribution in [3.63, 3.8) is 0 Å². The van der Waals surface area contributed by atoms with Crippen molar-refractivity contribution in [3.8, 4) is 0 Å². The molecule has 2 aliphatic carbocycles. The second kappa shape index (κ2) is 23.8. The van der Waals surface area contributed by atoms with Gasteiger partial charge in [0, 0.05) is 5.92 Å². The maximum absolute atomic E-state index is 9.43. The molecule has 2 rings (SSSR count).